The van der Waals surface area contributed by atoms with E-state index in [0.29, 0.717) is 18.2 Å². The molecule has 5 heteroatoms. The lowest BCUT2D eigenvalue weighted by molar-refractivity contribution is -0.132. The molecular weight excluding hydrogens is 240 g/mol. The number of hydrogen-bond acceptors (Lipinski definition) is 3. The minimum absolute atomic E-state index is 0.297. The Labute approximate surface area is 114 Å². The molecule has 1 aromatic rings. The number of likely N-dealkylation sites (tertiary alicyclic amines) is 1. The van der Waals surface area contributed by atoms with Gasteiger partial charge in [0.15, 0.2) is 0 Å². The minimum Gasteiger partial charge on any atom is -0.343 e. The first-order chi connectivity index (χ1) is 9.34. The number of carbonyl (C=O) groups excluding carboxylic acids is 1. The molecule has 0 spiro atoms. The van der Waals surface area contributed by atoms with Gasteiger partial charge in [-0.15, -0.1) is 0 Å². The Kier molecular flexibility index (Phi) is 3.82. The molecule has 3 heterocycles. The summed E-state index contributed by atoms with van der Waals surface area (Å²) in [5, 5.41) is 3.28. The third kappa shape index (κ3) is 2.81. The van der Waals surface area contributed by atoms with Gasteiger partial charge in [0.05, 0.1) is 6.33 Å². The fraction of sp³-hybridized carbons (Fsp3) is 0.714. The first kappa shape index (κ1) is 12.7. The molecule has 19 heavy (non-hydrogen) atoms. The molecule has 1 amide bonds. The van der Waals surface area contributed by atoms with E-state index < -0.39 is 0 Å². The maximum Gasteiger partial charge on any atom is 0.224 e. The van der Waals surface area contributed by atoms with Gasteiger partial charge in [0.1, 0.15) is 0 Å². The minimum atomic E-state index is 0.297. The molecule has 2 fully saturated rings. The van der Waals surface area contributed by atoms with E-state index in [2.05, 4.69) is 14.9 Å². The summed E-state index contributed by atoms with van der Waals surface area (Å²) in [6.07, 6.45) is 7.99. The van der Waals surface area contributed by atoms with Gasteiger partial charge in [-0.25, -0.2) is 4.98 Å². The van der Waals surface area contributed by atoms with Crippen molar-refractivity contribution >= 4 is 5.91 Å². The van der Waals surface area contributed by atoms with Crippen LogP contribution < -0.4 is 5.32 Å². The van der Waals surface area contributed by atoms with Crippen LogP contribution in [0, 0.1) is 0 Å². The van der Waals surface area contributed by atoms with Gasteiger partial charge in [0.25, 0.3) is 0 Å². The molecule has 0 aromatic carbocycles. The Morgan fingerprint density at radius 2 is 2.11 bits per heavy atom. The van der Waals surface area contributed by atoms with Gasteiger partial charge >= 0.3 is 0 Å². The SMILES string of the molecule is O=C(CCn1cncc1C1CNC1)N1CCCCC1. The summed E-state index contributed by atoms with van der Waals surface area (Å²) < 4.78 is 2.15. The number of piperidine rings is 1. The van der Waals surface area contributed by atoms with Crippen molar-refractivity contribution in [3.8, 4) is 0 Å². The van der Waals surface area contributed by atoms with Gasteiger partial charge in [0.2, 0.25) is 5.91 Å². The molecule has 2 aliphatic heterocycles. The number of nitrogens with one attached hydrogen (secondary N) is 1. The Hall–Kier alpha value is -1.36. The summed E-state index contributed by atoms with van der Waals surface area (Å²) in [6.45, 7) is 4.73. The zero-order valence-corrected chi connectivity index (χ0v) is 11.3. The molecular formula is C14H22N4O. The largest absolute Gasteiger partial charge is 0.343 e. The maximum absolute atomic E-state index is 12.1. The van der Waals surface area contributed by atoms with Gasteiger partial charge < -0.3 is 14.8 Å². The first-order valence-electron chi connectivity index (χ1n) is 7.33. The van der Waals surface area contributed by atoms with Crippen LogP contribution in [0.15, 0.2) is 12.5 Å². The number of hydrogen-bond donors (Lipinski definition) is 1. The van der Waals surface area contributed by atoms with Crippen LogP contribution >= 0.6 is 0 Å². The van der Waals surface area contributed by atoms with Crippen molar-refractivity contribution in [3.05, 3.63) is 18.2 Å². The highest BCUT2D eigenvalue weighted by Gasteiger charge is 2.23. The zero-order valence-electron chi connectivity index (χ0n) is 11.3. The van der Waals surface area contributed by atoms with Crippen molar-refractivity contribution in [1.29, 1.82) is 0 Å². The highest BCUT2D eigenvalue weighted by molar-refractivity contribution is 5.76. The topological polar surface area (TPSA) is 50.2 Å². The van der Waals surface area contributed by atoms with Crippen LogP contribution in [0.4, 0.5) is 0 Å². The Morgan fingerprint density at radius 1 is 1.32 bits per heavy atom. The zero-order chi connectivity index (χ0) is 13.1. The van der Waals surface area contributed by atoms with Gasteiger partial charge in [-0.1, -0.05) is 0 Å². The van der Waals surface area contributed by atoms with Crippen LogP contribution in [0.1, 0.15) is 37.3 Å². The number of aromatic nitrogens is 2. The number of amides is 1. The number of aryl methyl sites for hydroxylation is 1. The summed E-state index contributed by atoms with van der Waals surface area (Å²) in [5.74, 6) is 0.874. The van der Waals surface area contributed by atoms with Crippen molar-refractivity contribution in [2.45, 2.75) is 38.1 Å². The van der Waals surface area contributed by atoms with Crippen LogP contribution in [-0.4, -0.2) is 46.5 Å². The lowest BCUT2D eigenvalue weighted by Crippen LogP contribution is -2.41. The summed E-state index contributed by atoms with van der Waals surface area (Å²) in [7, 11) is 0. The fourth-order valence-electron chi connectivity index (χ4n) is 2.87. The van der Waals surface area contributed by atoms with Crippen molar-refractivity contribution < 1.29 is 4.79 Å². The fourth-order valence-corrected chi connectivity index (χ4v) is 2.87. The third-order valence-electron chi connectivity index (χ3n) is 4.22. The summed E-state index contributed by atoms with van der Waals surface area (Å²) >= 11 is 0. The Bertz CT molecular complexity index is 432. The highest BCUT2D eigenvalue weighted by Crippen LogP contribution is 2.19. The third-order valence-corrected chi connectivity index (χ3v) is 4.22. The molecule has 3 rings (SSSR count). The van der Waals surface area contributed by atoms with Gasteiger partial charge in [-0.3, -0.25) is 4.79 Å². The second-order valence-corrected chi connectivity index (χ2v) is 5.56. The van der Waals surface area contributed by atoms with E-state index in [1.165, 1.54) is 12.1 Å². The van der Waals surface area contributed by atoms with Crippen LogP contribution in [-0.2, 0) is 11.3 Å². The molecule has 2 aliphatic rings. The van der Waals surface area contributed by atoms with Gasteiger partial charge in [-0.05, 0) is 19.3 Å². The molecule has 0 aliphatic carbocycles. The van der Waals surface area contributed by atoms with Crippen molar-refractivity contribution in [1.82, 2.24) is 19.8 Å². The predicted molar refractivity (Wildman–Crippen MR) is 72.9 cm³/mol. The van der Waals surface area contributed by atoms with Crippen LogP contribution in [0.3, 0.4) is 0 Å². The maximum atomic E-state index is 12.1. The lowest BCUT2D eigenvalue weighted by atomic mass is 10.00. The van der Waals surface area contributed by atoms with Crippen molar-refractivity contribution in [3.63, 3.8) is 0 Å². The van der Waals surface area contributed by atoms with Crippen LogP contribution in [0.2, 0.25) is 0 Å². The molecule has 0 atom stereocenters. The average Bonchev–Trinajstić information content (AvgIpc) is 2.83. The number of nitrogens with zero attached hydrogens (tertiary/aromatic N) is 3. The predicted octanol–water partition coefficient (Wildman–Crippen LogP) is 0.972. The van der Waals surface area contributed by atoms with E-state index in [9.17, 15) is 4.79 Å². The molecule has 0 saturated carbocycles. The van der Waals surface area contributed by atoms with Gasteiger partial charge in [-0.2, -0.15) is 0 Å². The Morgan fingerprint density at radius 3 is 2.79 bits per heavy atom. The highest BCUT2D eigenvalue weighted by atomic mass is 16.2. The molecule has 5 nitrogen and oxygen atoms in total. The first-order valence-corrected chi connectivity index (χ1v) is 7.33. The van der Waals surface area contributed by atoms with Crippen LogP contribution in [0.5, 0.6) is 0 Å². The summed E-state index contributed by atoms with van der Waals surface area (Å²) in [5.41, 5.74) is 1.27. The normalized spacial score (nSPS) is 20.3. The smallest absolute Gasteiger partial charge is 0.224 e. The molecule has 0 bridgehead atoms. The van der Waals surface area contributed by atoms with E-state index in [0.717, 1.165) is 45.6 Å². The van der Waals surface area contributed by atoms with E-state index in [1.54, 1.807) is 0 Å². The molecule has 0 unspecified atom stereocenters. The van der Waals surface area contributed by atoms with Crippen LogP contribution in [0.25, 0.3) is 0 Å². The molecule has 2 saturated heterocycles. The number of imidazole rings is 1. The monoisotopic (exact) mass is 262 g/mol. The van der Waals surface area contributed by atoms with Crippen molar-refractivity contribution in [2.75, 3.05) is 26.2 Å². The molecule has 104 valence electrons. The number of rotatable bonds is 4. The quantitative estimate of drug-likeness (QED) is 0.880. The second-order valence-electron chi connectivity index (χ2n) is 5.56. The van der Waals surface area contributed by atoms with E-state index in [4.69, 9.17) is 0 Å². The standard InChI is InChI=1S/C14H22N4O/c19-14(17-5-2-1-3-6-17)4-7-18-11-16-10-13(18)12-8-15-9-12/h10-12,15H,1-9H2. The van der Waals surface area contributed by atoms with E-state index >= 15 is 0 Å². The average molecular weight is 262 g/mol. The molecule has 1 aromatic heterocycles. The Balaban J connectivity index is 1.53. The molecule has 0 radical (unpaired) electrons. The van der Waals surface area contributed by atoms with E-state index in [-0.39, 0.29) is 0 Å². The molecule has 1 N–H and O–H groups in total. The summed E-state index contributed by atoms with van der Waals surface area (Å²) in [4.78, 5) is 18.4. The van der Waals surface area contributed by atoms with Crippen molar-refractivity contribution in [2.24, 2.45) is 0 Å². The lowest BCUT2D eigenvalue weighted by Gasteiger charge is -2.29. The van der Waals surface area contributed by atoms with Gasteiger partial charge in [0, 0.05) is 57.0 Å². The van der Waals surface area contributed by atoms with E-state index in [1.807, 2.05) is 17.4 Å². The summed E-state index contributed by atoms with van der Waals surface area (Å²) in [6, 6.07) is 0. The second kappa shape index (κ2) is 5.74. The number of carbonyl (C=O) groups is 1.